The molecule has 2 aliphatic heterocycles. The summed E-state index contributed by atoms with van der Waals surface area (Å²) in [6.45, 7) is 2.32. The lowest BCUT2D eigenvalue weighted by molar-refractivity contribution is -0.141. The molecule has 2 fully saturated rings. The number of nitrogens with zero attached hydrogens (tertiary/aromatic N) is 3. The second kappa shape index (κ2) is 9.25. The van der Waals surface area contributed by atoms with Crippen LogP contribution in [0.5, 0.6) is 0 Å². The number of amides is 1. The number of carbonyl (C=O) groups excluding carboxylic acids is 1. The van der Waals surface area contributed by atoms with Crippen LogP contribution in [0.4, 0.5) is 8.78 Å². The first-order valence-corrected chi connectivity index (χ1v) is 12.2. The number of piperazine rings is 1. The summed E-state index contributed by atoms with van der Waals surface area (Å²) in [7, 11) is -2.13. The van der Waals surface area contributed by atoms with Crippen molar-refractivity contribution < 1.29 is 22.0 Å². The fourth-order valence-electron chi connectivity index (χ4n) is 4.54. The average Bonchev–Trinajstić information content (AvgIpc) is 2.80. The molecule has 0 saturated carbocycles. The third kappa shape index (κ3) is 4.55. The van der Waals surface area contributed by atoms with E-state index in [1.165, 1.54) is 0 Å². The molecule has 4 rings (SSSR count). The Labute approximate surface area is 187 Å². The molecular formula is C23H27F2N3O3S. The van der Waals surface area contributed by atoms with Crippen molar-refractivity contribution in [1.82, 2.24) is 14.1 Å². The highest BCUT2D eigenvalue weighted by atomic mass is 32.2. The van der Waals surface area contributed by atoms with Gasteiger partial charge < -0.3 is 9.80 Å². The van der Waals surface area contributed by atoms with Crippen LogP contribution < -0.4 is 0 Å². The molecule has 0 radical (unpaired) electrons. The number of benzene rings is 2. The maximum Gasteiger partial charge on any atom is 0.246 e. The topological polar surface area (TPSA) is 60.9 Å². The van der Waals surface area contributed by atoms with E-state index in [0.717, 1.165) is 35.1 Å². The van der Waals surface area contributed by atoms with Gasteiger partial charge in [0.05, 0.1) is 6.04 Å². The van der Waals surface area contributed by atoms with E-state index in [2.05, 4.69) is 4.90 Å². The Kier molecular flexibility index (Phi) is 6.60. The number of likely N-dealkylation sites (N-methyl/N-ethyl adjacent to an activating group) is 1. The summed E-state index contributed by atoms with van der Waals surface area (Å²) in [6, 6.07) is 12.3. The average molecular weight is 464 g/mol. The van der Waals surface area contributed by atoms with Gasteiger partial charge in [0.25, 0.3) is 0 Å². The predicted molar refractivity (Wildman–Crippen MR) is 116 cm³/mol. The Morgan fingerprint density at radius 2 is 1.66 bits per heavy atom. The highest BCUT2D eigenvalue weighted by molar-refractivity contribution is 7.89. The van der Waals surface area contributed by atoms with Crippen molar-refractivity contribution in [2.45, 2.75) is 23.8 Å². The minimum atomic E-state index is -4.16. The third-order valence-corrected chi connectivity index (χ3v) is 8.28. The number of carbonyl (C=O) groups is 1. The van der Waals surface area contributed by atoms with E-state index < -0.39 is 26.6 Å². The standard InChI is InChI=1S/C23H27F2N3O3S/c1-26-13-14-28(21(16-26)17-5-3-2-4-6-17)23(29)18-9-11-27(12-10-18)32(30,31)22-15-19(24)7-8-20(22)25/h2-8,15,18,21H,9-14,16H2,1H3. The Morgan fingerprint density at radius 3 is 2.34 bits per heavy atom. The molecule has 0 bridgehead atoms. The minimum absolute atomic E-state index is 0.0286. The van der Waals surface area contributed by atoms with Crippen molar-refractivity contribution >= 4 is 15.9 Å². The van der Waals surface area contributed by atoms with E-state index in [1.54, 1.807) is 0 Å². The molecule has 2 aromatic rings. The maximum atomic E-state index is 14.1. The fourth-order valence-corrected chi connectivity index (χ4v) is 6.08. The first-order valence-electron chi connectivity index (χ1n) is 10.8. The first kappa shape index (κ1) is 22.8. The number of hydrogen-bond donors (Lipinski definition) is 0. The van der Waals surface area contributed by atoms with Crippen molar-refractivity contribution in [2.75, 3.05) is 39.8 Å². The molecule has 0 aliphatic carbocycles. The van der Waals surface area contributed by atoms with Crippen molar-refractivity contribution in [1.29, 1.82) is 0 Å². The fraction of sp³-hybridized carbons (Fsp3) is 0.435. The van der Waals surface area contributed by atoms with E-state index in [9.17, 15) is 22.0 Å². The van der Waals surface area contributed by atoms with Gasteiger partial charge in [0, 0.05) is 38.6 Å². The summed E-state index contributed by atoms with van der Waals surface area (Å²) < 4.78 is 54.4. The van der Waals surface area contributed by atoms with Gasteiger partial charge in [0.1, 0.15) is 16.5 Å². The Balaban J connectivity index is 1.46. The normalized spacial score (nSPS) is 21.6. The molecule has 1 amide bonds. The molecule has 1 unspecified atom stereocenters. The van der Waals surface area contributed by atoms with E-state index >= 15 is 0 Å². The van der Waals surface area contributed by atoms with Crippen LogP contribution in [0.3, 0.4) is 0 Å². The number of rotatable bonds is 4. The van der Waals surface area contributed by atoms with Gasteiger partial charge in [-0.25, -0.2) is 17.2 Å². The third-order valence-electron chi connectivity index (χ3n) is 6.37. The van der Waals surface area contributed by atoms with Gasteiger partial charge >= 0.3 is 0 Å². The van der Waals surface area contributed by atoms with Gasteiger partial charge in [-0.2, -0.15) is 4.31 Å². The molecule has 172 valence electrons. The second-order valence-corrected chi connectivity index (χ2v) is 10.4. The Hall–Kier alpha value is -2.36. The minimum Gasteiger partial charge on any atom is -0.333 e. The number of halogens is 2. The Bertz CT molecular complexity index is 1070. The van der Waals surface area contributed by atoms with Crippen LogP contribution >= 0.6 is 0 Å². The van der Waals surface area contributed by atoms with Crippen LogP contribution in [0.25, 0.3) is 0 Å². The molecule has 2 aliphatic rings. The van der Waals surface area contributed by atoms with Crippen LogP contribution in [0, 0.1) is 17.6 Å². The first-order chi connectivity index (χ1) is 15.3. The second-order valence-electron chi connectivity index (χ2n) is 8.47. The zero-order valence-corrected chi connectivity index (χ0v) is 18.8. The van der Waals surface area contributed by atoms with Gasteiger partial charge in [-0.15, -0.1) is 0 Å². The lowest BCUT2D eigenvalue weighted by Crippen LogP contribution is -2.52. The monoisotopic (exact) mass is 463 g/mol. The maximum absolute atomic E-state index is 14.1. The predicted octanol–water partition coefficient (Wildman–Crippen LogP) is 2.88. The smallest absolute Gasteiger partial charge is 0.246 e. The molecule has 2 saturated heterocycles. The quantitative estimate of drug-likeness (QED) is 0.700. The van der Waals surface area contributed by atoms with E-state index in [4.69, 9.17) is 0 Å². The molecule has 0 N–H and O–H groups in total. The van der Waals surface area contributed by atoms with Crippen LogP contribution in [0.1, 0.15) is 24.4 Å². The molecule has 2 heterocycles. The molecule has 32 heavy (non-hydrogen) atoms. The number of piperidine rings is 1. The largest absolute Gasteiger partial charge is 0.333 e. The van der Waals surface area contributed by atoms with Crippen molar-refractivity contribution in [3.05, 3.63) is 65.7 Å². The summed E-state index contributed by atoms with van der Waals surface area (Å²) in [4.78, 5) is 16.8. The summed E-state index contributed by atoms with van der Waals surface area (Å²) in [5, 5.41) is 0. The molecule has 1 atom stereocenters. The van der Waals surface area contributed by atoms with Crippen molar-refractivity contribution in [2.24, 2.45) is 5.92 Å². The molecular weight excluding hydrogens is 436 g/mol. The van der Waals surface area contributed by atoms with Crippen LogP contribution in [0.15, 0.2) is 53.4 Å². The number of hydrogen-bond acceptors (Lipinski definition) is 4. The van der Waals surface area contributed by atoms with E-state index in [1.807, 2.05) is 42.3 Å². The zero-order valence-electron chi connectivity index (χ0n) is 18.0. The van der Waals surface area contributed by atoms with Gasteiger partial charge in [-0.3, -0.25) is 4.79 Å². The van der Waals surface area contributed by atoms with Gasteiger partial charge in [0.15, 0.2) is 0 Å². The SMILES string of the molecule is CN1CCN(C(=O)C2CCN(S(=O)(=O)c3cc(F)ccc3F)CC2)C(c2ccccc2)C1. The summed E-state index contributed by atoms with van der Waals surface area (Å²) in [5.74, 6) is -2.06. The van der Waals surface area contributed by atoms with Gasteiger partial charge in [-0.1, -0.05) is 30.3 Å². The van der Waals surface area contributed by atoms with Gasteiger partial charge in [-0.05, 0) is 43.7 Å². The van der Waals surface area contributed by atoms with Crippen LogP contribution in [0.2, 0.25) is 0 Å². The zero-order chi connectivity index (χ0) is 22.9. The van der Waals surface area contributed by atoms with E-state index in [0.29, 0.717) is 25.5 Å². The van der Waals surface area contributed by atoms with Crippen molar-refractivity contribution in [3.63, 3.8) is 0 Å². The Morgan fingerprint density at radius 1 is 0.969 bits per heavy atom. The highest BCUT2D eigenvalue weighted by Gasteiger charge is 2.38. The lowest BCUT2D eigenvalue weighted by atomic mass is 9.94. The lowest BCUT2D eigenvalue weighted by Gasteiger charge is -2.43. The van der Waals surface area contributed by atoms with Crippen molar-refractivity contribution in [3.8, 4) is 0 Å². The summed E-state index contributed by atoms with van der Waals surface area (Å²) in [5.41, 5.74) is 1.08. The van der Waals surface area contributed by atoms with Gasteiger partial charge in [0.2, 0.25) is 15.9 Å². The summed E-state index contributed by atoms with van der Waals surface area (Å²) >= 11 is 0. The molecule has 0 aromatic heterocycles. The van der Waals surface area contributed by atoms with Crippen LogP contribution in [-0.4, -0.2) is 68.2 Å². The molecule has 9 heteroatoms. The molecule has 0 spiro atoms. The molecule has 2 aromatic carbocycles. The van der Waals surface area contributed by atoms with Crippen LogP contribution in [-0.2, 0) is 14.8 Å². The number of sulfonamides is 1. The highest BCUT2D eigenvalue weighted by Crippen LogP contribution is 2.31. The molecule has 6 nitrogen and oxygen atoms in total. The van der Waals surface area contributed by atoms with E-state index in [-0.39, 0.29) is 31.0 Å². The summed E-state index contributed by atoms with van der Waals surface area (Å²) in [6.07, 6.45) is 0.700.